The first-order valence-electron chi connectivity index (χ1n) is 4.51. The Hall–Kier alpha value is 0.170. The molecule has 0 spiro atoms. The lowest BCUT2D eigenvalue weighted by Crippen LogP contribution is -2.12. The van der Waals surface area contributed by atoms with Crippen molar-refractivity contribution in [3.05, 3.63) is 0 Å². The maximum atomic E-state index is 5.61. The van der Waals surface area contributed by atoms with Gasteiger partial charge in [0, 0.05) is 13.0 Å². The Morgan fingerprint density at radius 1 is 1.08 bits per heavy atom. The van der Waals surface area contributed by atoms with Gasteiger partial charge in [-0.05, 0) is 5.92 Å². The molecule has 0 radical (unpaired) electrons. The summed E-state index contributed by atoms with van der Waals surface area (Å²) in [5, 5.41) is 0. The van der Waals surface area contributed by atoms with Crippen molar-refractivity contribution < 1.29 is 14.2 Å². The minimum Gasteiger partial charge on any atom is -0.382 e. The topological polar surface area (TPSA) is 27.7 Å². The summed E-state index contributed by atoms with van der Waals surface area (Å²) in [6.45, 7) is 5.28. The minimum atomic E-state index is 0.417. The van der Waals surface area contributed by atoms with Gasteiger partial charge in [0.1, 0.15) is 0 Å². The number of hydrogen-bond donors (Lipinski definition) is 0. The van der Waals surface area contributed by atoms with Crippen molar-refractivity contribution in [1.82, 2.24) is 0 Å². The molecule has 0 saturated carbocycles. The van der Waals surface area contributed by atoms with E-state index in [1.807, 2.05) is 0 Å². The third-order valence-electron chi connectivity index (χ3n) is 1.47. The van der Waals surface area contributed by atoms with Gasteiger partial charge in [-0.25, -0.2) is 0 Å². The molecule has 4 heteroatoms. The monoisotopic (exact) mass is 210 g/mol. The number of rotatable bonds is 9. The number of hydrogen-bond acceptors (Lipinski definition) is 3. The summed E-state index contributed by atoms with van der Waals surface area (Å²) < 4.78 is 15.3. The summed E-state index contributed by atoms with van der Waals surface area (Å²) in [6.07, 6.45) is 0. The molecule has 0 fully saturated rings. The molecule has 0 aromatic heterocycles. The molecule has 0 aliphatic rings. The molecule has 0 heterocycles. The van der Waals surface area contributed by atoms with Crippen LogP contribution in [-0.2, 0) is 14.2 Å². The summed E-state index contributed by atoms with van der Waals surface area (Å²) in [4.78, 5) is 0. The van der Waals surface area contributed by atoms with E-state index in [4.69, 9.17) is 25.8 Å². The van der Waals surface area contributed by atoms with Crippen molar-refractivity contribution in [2.24, 2.45) is 5.92 Å². The lowest BCUT2D eigenvalue weighted by molar-refractivity contribution is 0.0187. The van der Waals surface area contributed by atoms with Gasteiger partial charge in [0.2, 0.25) is 0 Å². The fraction of sp³-hybridized carbons (Fsp3) is 1.00. The third kappa shape index (κ3) is 10.1. The van der Waals surface area contributed by atoms with Crippen molar-refractivity contribution in [3.63, 3.8) is 0 Å². The molecular formula is C9H19ClO3. The summed E-state index contributed by atoms with van der Waals surface area (Å²) in [5.74, 6) is 1.06. The Labute approximate surface area is 85.3 Å². The van der Waals surface area contributed by atoms with Crippen LogP contribution in [0.5, 0.6) is 0 Å². The van der Waals surface area contributed by atoms with E-state index in [1.54, 1.807) is 7.11 Å². The second-order valence-electron chi connectivity index (χ2n) is 2.94. The van der Waals surface area contributed by atoms with Crippen molar-refractivity contribution in [2.75, 3.05) is 46.0 Å². The van der Waals surface area contributed by atoms with Crippen LogP contribution in [0.25, 0.3) is 0 Å². The van der Waals surface area contributed by atoms with E-state index < -0.39 is 0 Å². The zero-order valence-electron chi connectivity index (χ0n) is 8.42. The Morgan fingerprint density at radius 2 is 1.69 bits per heavy atom. The zero-order valence-corrected chi connectivity index (χ0v) is 9.18. The van der Waals surface area contributed by atoms with E-state index in [0.29, 0.717) is 44.8 Å². The highest BCUT2D eigenvalue weighted by molar-refractivity contribution is 6.18. The first-order valence-corrected chi connectivity index (χ1v) is 5.05. The summed E-state index contributed by atoms with van der Waals surface area (Å²) in [7, 11) is 1.65. The van der Waals surface area contributed by atoms with Crippen LogP contribution in [0.3, 0.4) is 0 Å². The van der Waals surface area contributed by atoms with Crippen LogP contribution in [0.1, 0.15) is 6.92 Å². The zero-order chi connectivity index (χ0) is 9.94. The standard InChI is InChI=1S/C9H19ClO3/c1-9(7-10)8-13-6-5-12-4-3-11-2/h9H,3-8H2,1-2H3. The summed E-state index contributed by atoms with van der Waals surface area (Å²) in [6, 6.07) is 0. The average molecular weight is 211 g/mol. The predicted octanol–water partition coefficient (Wildman–Crippen LogP) is 1.54. The van der Waals surface area contributed by atoms with E-state index >= 15 is 0 Å². The first-order chi connectivity index (χ1) is 6.31. The minimum absolute atomic E-state index is 0.417. The van der Waals surface area contributed by atoms with Crippen LogP contribution in [0.2, 0.25) is 0 Å². The second-order valence-corrected chi connectivity index (χ2v) is 3.25. The third-order valence-corrected chi connectivity index (χ3v) is 2.00. The van der Waals surface area contributed by atoms with Gasteiger partial charge in [0.25, 0.3) is 0 Å². The molecule has 80 valence electrons. The van der Waals surface area contributed by atoms with Gasteiger partial charge in [0.05, 0.1) is 33.0 Å². The number of methoxy groups -OCH3 is 1. The van der Waals surface area contributed by atoms with Crippen LogP contribution in [-0.4, -0.2) is 46.0 Å². The van der Waals surface area contributed by atoms with Crippen LogP contribution in [0.15, 0.2) is 0 Å². The molecule has 0 bridgehead atoms. The Morgan fingerprint density at radius 3 is 2.31 bits per heavy atom. The molecule has 1 atom stereocenters. The summed E-state index contributed by atoms with van der Waals surface area (Å²) in [5.41, 5.74) is 0. The van der Waals surface area contributed by atoms with Crippen molar-refractivity contribution >= 4 is 11.6 Å². The predicted molar refractivity (Wildman–Crippen MR) is 53.4 cm³/mol. The highest BCUT2D eigenvalue weighted by atomic mass is 35.5. The molecular weight excluding hydrogens is 192 g/mol. The van der Waals surface area contributed by atoms with Gasteiger partial charge >= 0.3 is 0 Å². The lowest BCUT2D eigenvalue weighted by Gasteiger charge is -2.08. The highest BCUT2D eigenvalue weighted by Gasteiger charge is 1.98. The van der Waals surface area contributed by atoms with Gasteiger partial charge in [-0.15, -0.1) is 11.6 Å². The molecule has 0 rings (SSSR count). The quantitative estimate of drug-likeness (QED) is 0.427. The fourth-order valence-corrected chi connectivity index (χ4v) is 0.780. The van der Waals surface area contributed by atoms with Crippen molar-refractivity contribution in [3.8, 4) is 0 Å². The van der Waals surface area contributed by atoms with Gasteiger partial charge in [0.15, 0.2) is 0 Å². The first kappa shape index (κ1) is 13.2. The largest absolute Gasteiger partial charge is 0.382 e. The molecule has 0 aliphatic carbocycles. The van der Waals surface area contributed by atoms with Crippen LogP contribution >= 0.6 is 11.6 Å². The molecule has 1 unspecified atom stereocenters. The van der Waals surface area contributed by atoms with E-state index in [-0.39, 0.29) is 0 Å². The Kier molecular flexibility index (Phi) is 10.4. The summed E-state index contributed by atoms with van der Waals surface area (Å²) >= 11 is 5.61. The molecule has 0 saturated heterocycles. The van der Waals surface area contributed by atoms with E-state index in [0.717, 1.165) is 0 Å². The SMILES string of the molecule is COCCOCCOCC(C)CCl. The highest BCUT2D eigenvalue weighted by Crippen LogP contribution is 1.97. The number of alkyl halides is 1. The molecule has 0 aromatic carbocycles. The van der Waals surface area contributed by atoms with E-state index in [9.17, 15) is 0 Å². The van der Waals surface area contributed by atoms with Crippen LogP contribution < -0.4 is 0 Å². The van der Waals surface area contributed by atoms with Crippen molar-refractivity contribution in [1.29, 1.82) is 0 Å². The van der Waals surface area contributed by atoms with Gasteiger partial charge < -0.3 is 14.2 Å². The molecule has 0 aliphatic heterocycles. The molecule has 0 N–H and O–H groups in total. The van der Waals surface area contributed by atoms with Gasteiger partial charge in [-0.2, -0.15) is 0 Å². The Balaban J connectivity index is 2.91. The maximum absolute atomic E-state index is 5.61. The molecule has 0 aromatic rings. The second kappa shape index (κ2) is 10.3. The smallest absolute Gasteiger partial charge is 0.0701 e. The van der Waals surface area contributed by atoms with E-state index in [2.05, 4.69) is 6.92 Å². The Bertz CT molecular complexity index is 101. The molecule has 13 heavy (non-hydrogen) atoms. The van der Waals surface area contributed by atoms with Crippen LogP contribution in [0.4, 0.5) is 0 Å². The van der Waals surface area contributed by atoms with Crippen LogP contribution in [0, 0.1) is 5.92 Å². The number of halogens is 1. The van der Waals surface area contributed by atoms with Gasteiger partial charge in [-0.3, -0.25) is 0 Å². The lowest BCUT2D eigenvalue weighted by atomic mass is 10.2. The van der Waals surface area contributed by atoms with Crippen molar-refractivity contribution in [2.45, 2.75) is 6.92 Å². The molecule has 3 nitrogen and oxygen atoms in total. The molecule has 0 amide bonds. The normalized spacial score (nSPS) is 13.2. The number of ether oxygens (including phenoxy) is 3. The van der Waals surface area contributed by atoms with E-state index in [1.165, 1.54) is 0 Å². The van der Waals surface area contributed by atoms with Gasteiger partial charge in [-0.1, -0.05) is 6.92 Å². The fourth-order valence-electron chi connectivity index (χ4n) is 0.691. The maximum Gasteiger partial charge on any atom is 0.0701 e. The average Bonchev–Trinajstić information content (AvgIpc) is 2.16.